The third-order valence-corrected chi connectivity index (χ3v) is 6.30. The SMILES string of the molecule is COc1ccc(S(=O)(=O)Nc2ccc(N3CCCCCC3)cc2)c(C)c1. The van der Waals surface area contributed by atoms with E-state index in [1.807, 2.05) is 24.3 Å². The number of methoxy groups -OCH3 is 1. The highest BCUT2D eigenvalue weighted by Crippen LogP contribution is 2.25. The normalized spacial score (nSPS) is 15.4. The summed E-state index contributed by atoms with van der Waals surface area (Å²) >= 11 is 0. The number of hydrogen-bond acceptors (Lipinski definition) is 4. The molecule has 6 heteroatoms. The number of sulfonamides is 1. The summed E-state index contributed by atoms with van der Waals surface area (Å²) in [6.07, 6.45) is 5.00. The molecular weight excluding hydrogens is 348 g/mol. The predicted octanol–water partition coefficient (Wildman–Crippen LogP) is 4.18. The third-order valence-electron chi connectivity index (χ3n) is 4.76. The molecule has 0 aromatic heterocycles. The van der Waals surface area contributed by atoms with Crippen molar-refractivity contribution >= 4 is 21.4 Å². The molecule has 0 spiro atoms. The first-order chi connectivity index (χ1) is 12.5. The van der Waals surface area contributed by atoms with Crippen molar-refractivity contribution in [2.45, 2.75) is 37.5 Å². The van der Waals surface area contributed by atoms with E-state index in [2.05, 4.69) is 9.62 Å². The van der Waals surface area contributed by atoms with E-state index in [1.165, 1.54) is 25.7 Å². The summed E-state index contributed by atoms with van der Waals surface area (Å²) in [5.74, 6) is 0.642. The number of nitrogens with zero attached hydrogens (tertiary/aromatic N) is 1. The van der Waals surface area contributed by atoms with Crippen LogP contribution < -0.4 is 14.4 Å². The molecule has 0 bridgehead atoms. The highest BCUT2D eigenvalue weighted by atomic mass is 32.2. The molecule has 1 aliphatic rings. The van der Waals surface area contributed by atoms with Crippen LogP contribution in [0.3, 0.4) is 0 Å². The molecule has 26 heavy (non-hydrogen) atoms. The Morgan fingerprint density at radius 3 is 2.19 bits per heavy atom. The second-order valence-corrected chi connectivity index (χ2v) is 8.34. The largest absolute Gasteiger partial charge is 0.497 e. The Labute approximate surface area is 156 Å². The van der Waals surface area contributed by atoms with E-state index >= 15 is 0 Å². The average Bonchev–Trinajstić information content (AvgIpc) is 2.91. The molecule has 2 aromatic carbocycles. The van der Waals surface area contributed by atoms with Gasteiger partial charge in [-0.05, 0) is 67.8 Å². The predicted molar refractivity (Wildman–Crippen MR) is 106 cm³/mol. The molecule has 0 atom stereocenters. The minimum absolute atomic E-state index is 0.259. The topological polar surface area (TPSA) is 58.6 Å². The van der Waals surface area contributed by atoms with Crippen molar-refractivity contribution in [2.24, 2.45) is 0 Å². The van der Waals surface area contributed by atoms with Crippen LogP contribution in [-0.4, -0.2) is 28.6 Å². The summed E-state index contributed by atoms with van der Waals surface area (Å²) < 4.78 is 33.2. The number of hydrogen-bond donors (Lipinski definition) is 1. The van der Waals surface area contributed by atoms with Gasteiger partial charge < -0.3 is 9.64 Å². The maximum Gasteiger partial charge on any atom is 0.262 e. The molecule has 1 heterocycles. The van der Waals surface area contributed by atoms with Crippen LogP contribution in [-0.2, 0) is 10.0 Å². The van der Waals surface area contributed by atoms with Gasteiger partial charge in [0.05, 0.1) is 12.0 Å². The van der Waals surface area contributed by atoms with Gasteiger partial charge in [0.1, 0.15) is 5.75 Å². The maximum atomic E-state index is 12.7. The van der Waals surface area contributed by atoms with Crippen molar-refractivity contribution in [3.63, 3.8) is 0 Å². The first-order valence-electron chi connectivity index (χ1n) is 9.02. The second kappa shape index (κ2) is 7.99. The zero-order valence-corrected chi connectivity index (χ0v) is 16.2. The van der Waals surface area contributed by atoms with E-state index < -0.39 is 10.0 Å². The Hall–Kier alpha value is -2.21. The zero-order valence-electron chi connectivity index (χ0n) is 15.4. The van der Waals surface area contributed by atoms with E-state index in [4.69, 9.17) is 4.74 Å². The van der Waals surface area contributed by atoms with E-state index in [1.54, 1.807) is 32.2 Å². The van der Waals surface area contributed by atoms with Gasteiger partial charge in [-0.2, -0.15) is 0 Å². The van der Waals surface area contributed by atoms with Crippen LogP contribution in [0.25, 0.3) is 0 Å². The molecule has 0 unspecified atom stereocenters. The number of anilines is 2. The minimum Gasteiger partial charge on any atom is -0.497 e. The number of rotatable bonds is 5. The fraction of sp³-hybridized carbons (Fsp3) is 0.400. The van der Waals surface area contributed by atoms with Crippen molar-refractivity contribution in [1.29, 1.82) is 0 Å². The molecule has 0 radical (unpaired) electrons. The number of benzene rings is 2. The average molecular weight is 375 g/mol. The summed E-state index contributed by atoms with van der Waals surface area (Å²) in [7, 11) is -2.07. The molecule has 1 saturated heterocycles. The quantitative estimate of drug-likeness (QED) is 0.853. The molecule has 0 saturated carbocycles. The van der Waals surface area contributed by atoms with Crippen molar-refractivity contribution in [3.8, 4) is 5.75 Å². The molecule has 3 rings (SSSR count). The molecule has 2 aromatic rings. The number of aryl methyl sites for hydroxylation is 1. The lowest BCUT2D eigenvalue weighted by Gasteiger charge is -2.23. The van der Waals surface area contributed by atoms with Crippen molar-refractivity contribution in [1.82, 2.24) is 0 Å². The van der Waals surface area contributed by atoms with Gasteiger partial charge in [-0.15, -0.1) is 0 Å². The van der Waals surface area contributed by atoms with Gasteiger partial charge in [0.15, 0.2) is 0 Å². The van der Waals surface area contributed by atoms with E-state index in [-0.39, 0.29) is 4.90 Å². The lowest BCUT2D eigenvalue weighted by Crippen LogP contribution is -2.23. The van der Waals surface area contributed by atoms with Crippen molar-refractivity contribution in [3.05, 3.63) is 48.0 Å². The molecule has 0 aliphatic carbocycles. The Kier molecular flexibility index (Phi) is 5.71. The van der Waals surface area contributed by atoms with Crippen LogP contribution in [0.2, 0.25) is 0 Å². The number of ether oxygens (including phenoxy) is 1. The Morgan fingerprint density at radius 2 is 1.62 bits per heavy atom. The molecule has 1 fully saturated rings. The van der Waals surface area contributed by atoms with Gasteiger partial charge in [0.25, 0.3) is 10.0 Å². The van der Waals surface area contributed by atoms with E-state index in [0.29, 0.717) is 17.0 Å². The maximum absolute atomic E-state index is 12.7. The zero-order chi connectivity index (χ0) is 18.6. The molecular formula is C20H26N2O3S. The summed E-state index contributed by atoms with van der Waals surface area (Å²) in [6.45, 7) is 3.89. The summed E-state index contributed by atoms with van der Waals surface area (Å²) in [4.78, 5) is 2.63. The molecule has 5 nitrogen and oxygen atoms in total. The highest BCUT2D eigenvalue weighted by molar-refractivity contribution is 7.92. The second-order valence-electron chi connectivity index (χ2n) is 6.69. The van der Waals surface area contributed by atoms with Gasteiger partial charge in [-0.25, -0.2) is 8.42 Å². The molecule has 1 N–H and O–H groups in total. The molecule has 140 valence electrons. The van der Waals surface area contributed by atoms with E-state index in [9.17, 15) is 8.42 Å². The summed E-state index contributed by atoms with van der Waals surface area (Å²) in [6, 6.07) is 12.6. The van der Waals surface area contributed by atoms with Gasteiger partial charge in [-0.1, -0.05) is 12.8 Å². The number of nitrogens with one attached hydrogen (secondary N) is 1. The highest BCUT2D eigenvalue weighted by Gasteiger charge is 2.18. The van der Waals surface area contributed by atoms with Crippen LogP contribution in [0.5, 0.6) is 5.75 Å². The minimum atomic E-state index is -3.63. The smallest absolute Gasteiger partial charge is 0.262 e. The van der Waals surface area contributed by atoms with Crippen LogP contribution in [0.15, 0.2) is 47.4 Å². The monoisotopic (exact) mass is 374 g/mol. The van der Waals surface area contributed by atoms with Crippen LogP contribution in [0.1, 0.15) is 31.2 Å². The van der Waals surface area contributed by atoms with Gasteiger partial charge in [0.2, 0.25) is 0 Å². The first-order valence-corrected chi connectivity index (χ1v) is 10.5. The fourth-order valence-corrected chi connectivity index (χ4v) is 4.62. The standard InChI is InChI=1S/C20H26N2O3S/c1-16-15-19(25-2)11-12-20(16)26(23,24)21-17-7-9-18(10-8-17)22-13-5-3-4-6-14-22/h7-12,15,21H,3-6,13-14H2,1-2H3. The molecule has 1 aliphatic heterocycles. The Balaban J connectivity index is 1.75. The lowest BCUT2D eigenvalue weighted by atomic mass is 10.2. The van der Waals surface area contributed by atoms with Gasteiger partial charge in [-0.3, -0.25) is 4.72 Å². The van der Waals surface area contributed by atoms with Crippen LogP contribution in [0.4, 0.5) is 11.4 Å². The first kappa shape index (κ1) is 18.6. The third kappa shape index (κ3) is 4.30. The molecule has 0 amide bonds. The summed E-state index contributed by atoms with van der Waals surface area (Å²) in [5.41, 5.74) is 2.37. The van der Waals surface area contributed by atoms with Crippen LogP contribution >= 0.6 is 0 Å². The van der Waals surface area contributed by atoms with Gasteiger partial charge >= 0.3 is 0 Å². The van der Waals surface area contributed by atoms with Crippen molar-refractivity contribution < 1.29 is 13.2 Å². The van der Waals surface area contributed by atoms with Crippen LogP contribution in [0, 0.1) is 6.92 Å². The summed E-state index contributed by atoms with van der Waals surface area (Å²) in [5, 5.41) is 0. The fourth-order valence-electron chi connectivity index (χ4n) is 3.33. The lowest BCUT2D eigenvalue weighted by molar-refractivity contribution is 0.414. The van der Waals surface area contributed by atoms with Gasteiger partial charge in [0, 0.05) is 24.5 Å². The Bertz CT molecular complexity index is 840. The van der Waals surface area contributed by atoms with Crippen molar-refractivity contribution in [2.75, 3.05) is 29.8 Å². The Morgan fingerprint density at radius 1 is 0.962 bits per heavy atom. The van der Waals surface area contributed by atoms with E-state index in [0.717, 1.165) is 18.8 Å².